The molecule has 3 heterocycles. The Morgan fingerprint density at radius 1 is 1.18 bits per heavy atom. The van der Waals surface area contributed by atoms with Gasteiger partial charge in [0.15, 0.2) is 0 Å². The number of piperazine rings is 1. The van der Waals surface area contributed by atoms with Crippen LogP contribution < -0.4 is 4.90 Å². The number of rotatable bonds is 4. The molecular formula is C16H26N4O2. The van der Waals surface area contributed by atoms with Crippen molar-refractivity contribution in [1.82, 2.24) is 14.9 Å². The number of hydrogen-bond acceptors (Lipinski definition) is 6. The Labute approximate surface area is 132 Å². The van der Waals surface area contributed by atoms with Crippen LogP contribution in [-0.4, -0.2) is 73.5 Å². The fraction of sp³-hybridized carbons (Fsp3) is 0.750. The zero-order valence-electron chi connectivity index (χ0n) is 13.6. The monoisotopic (exact) mass is 306 g/mol. The molecule has 122 valence electrons. The lowest BCUT2D eigenvalue weighted by atomic mass is 10.2. The third-order valence-electron chi connectivity index (χ3n) is 4.37. The maximum atomic E-state index is 5.71. The second-order valence-electron chi connectivity index (χ2n) is 6.11. The molecule has 2 fully saturated rings. The van der Waals surface area contributed by atoms with Crippen molar-refractivity contribution in [3.8, 4) is 0 Å². The van der Waals surface area contributed by atoms with Crippen LogP contribution in [0.3, 0.4) is 0 Å². The van der Waals surface area contributed by atoms with Crippen LogP contribution in [0.15, 0.2) is 6.20 Å². The van der Waals surface area contributed by atoms with Gasteiger partial charge >= 0.3 is 0 Å². The normalized spacial score (nSPS) is 23.7. The smallest absolute Gasteiger partial charge is 0.150 e. The molecule has 1 unspecified atom stereocenters. The van der Waals surface area contributed by atoms with Crippen molar-refractivity contribution >= 4 is 5.82 Å². The number of aryl methyl sites for hydroxylation is 2. The minimum atomic E-state index is 0.275. The number of hydrogen-bond donors (Lipinski definition) is 0. The molecule has 1 atom stereocenters. The SMILES string of the molecule is Cc1cnc(C)c(N2CCN(CCC3COCCO3)CC2)n1. The summed E-state index contributed by atoms with van der Waals surface area (Å²) in [5.74, 6) is 1.05. The van der Waals surface area contributed by atoms with E-state index in [1.165, 1.54) is 0 Å². The molecule has 0 aliphatic carbocycles. The second kappa shape index (κ2) is 7.35. The summed E-state index contributed by atoms with van der Waals surface area (Å²) in [6.07, 6.45) is 3.17. The quantitative estimate of drug-likeness (QED) is 0.828. The largest absolute Gasteiger partial charge is 0.376 e. The molecule has 0 N–H and O–H groups in total. The minimum absolute atomic E-state index is 0.275. The highest BCUT2D eigenvalue weighted by Crippen LogP contribution is 2.17. The van der Waals surface area contributed by atoms with Crippen LogP contribution in [0.2, 0.25) is 0 Å². The summed E-state index contributed by atoms with van der Waals surface area (Å²) in [5, 5.41) is 0. The standard InChI is InChI=1S/C16H26N4O2/c1-13-11-17-14(2)16(18-13)20-7-5-19(6-8-20)4-3-15-12-21-9-10-22-15/h11,15H,3-10,12H2,1-2H3. The Kier molecular flexibility index (Phi) is 5.23. The highest BCUT2D eigenvalue weighted by atomic mass is 16.6. The van der Waals surface area contributed by atoms with E-state index in [-0.39, 0.29) is 6.10 Å². The van der Waals surface area contributed by atoms with E-state index in [2.05, 4.69) is 19.8 Å². The molecule has 3 rings (SSSR count). The fourth-order valence-electron chi connectivity index (χ4n) is 3.04. The van der Waals surface area contributed by atoms with Crippen LogP contribution in [0.25, 0.3) is 0 Å². The molecule has 2 aliphatic heterocycles. The minimum Gasteiger partial charge on any atom is -0.376 e. The van der Waals surface area contributed by atoms with Gasteiger partial charge in [-0.2, -0.15) is 0 Å². The number of anilines is 1. The van der Waals surface area contributed by atoms with E-state index in [1.807, 2.05) is 20.0 Å². The summed E-state index contributed by atoms with van der Waals surface area (Å²) in [5.41, 5.74) is 2.00. The molecular weight excluding hydrogens is 280 g/mol. The van der Waals surface area contributed by atoms with Crippen LogP contribution in [0.4, 0.5) is 5.82 Å². The van der Waals surface area contributed by atoms with Crippen molar-refractivity contribution in [2.75, 3.05) is 57.4 Å². The molecule has 2 saturated heterocycles. The maximum absolute atomic E-state index is 5.71. The first-order valence-corrected chi connectivity index (χ1v) is 8.19. The molecule has 0 saturated carbocycles. The van der Waals surface area contributed by atoms with Crippen molar-refractivity contribution in [1.29, 1.82) is 0 Å². The average molecular weight is 306 g/mol. The summed E-state index contributed by atoms with van der Waals surface area (Å²) < 4.78 is 11.2. The molecule has 6 heteroatoms. The summed E-state index contributed by atoms with van der Waals surface area (Å²) in [4.78, 5) is 13.9. The fourth-order valence-corrected chi connectivity index (χ4v) is 3.04. The predicted octanol–water partition coefficient (Wildman–Crippen LogP) is 1.02. The predicted molar refractivity (Wildman–Crippen MR) is 85.3 cm³/mol. The van der Waals surface area contributed by atoms with Crippen molar-refractivity contribution in [2.45, 2.75) is 26.4 Å². The molecule has 1 aromatic heterocycles. The van der Waals surface area contributed by atoms with E-state index in [1.54, 1.807) is 0 Å². The van der Waals surface area contributed by atoms with Crippen molar-refractivity contribution < 1.29 is 9.47 Å². The Hall–Kier alpha value is -1.24. The van der Waals surface area contributed by atoms with Crippen molar-refractivity contribution in [3.63, 3.8) is 0 Å². The zero-order valence-corrected chi connectivity index (χ0v) is 13.6. The molecule has 0 spiro atoms. The van der Waals surface area contributed by atoms with Gasteiger partial charge in [-0.05, 0) is 20.3 Å². The summed E-state index contributed by atoms with van der Waals surface area (Å²) in [7, 11) is 0. The molecule has 0 aromatic carbocycles. The first-order valence-electron chi connectivity index (χ1n) is 8.19. The molecule has 0 bridgehead atoms. The highest BCUT2D eigenvalue weighted by molar-refractivity contribution is 5.43. The van der Waals surface area contributed by atoms with Gasteiger partial charge in [-0.1, -0.05) is 0 Å². The second-order valence-corrected chi connectivity index (χ2v) is 6.11. The van der Waals surface area contributed by atoms with E-state index < -0.39 is 0 Å². The van der Waals surface area contributed by atoms with Crippen molar-refractivity contribution in [3.05, 3.63) is 17.6 Å². The molecule has 0 amide bonds. The van der Waals surface area contributed by atoms with Crippen LogP contribution >= 0.6 is 0 Å². The van der Waals surface area contributed by atoms with Gasteiger partial charge in [0.2, 0.25) is 0 Å². The third kappa shape index (κ3) is 3.94. The van der Waals surface area contributed by atoms with Gasteiger partial charge in [-0.25, -0.2) is 4.98 Å². The van der Waals surface area contributed by atoms with Gasteiger partial charge in [0, 0.05) is 38.9 Å². The van der Waals surface area contributed by atoms with E-state index in [4.69, 9.17) is 9.47 Å². The van der Waals surface area contributed by atoms with Crippen LogP contribution in [0.1, 0.15) is 17.8 Å². The van der Waals surface area contributed by atoms with E-state index in [0.717, 1.165) is 76.2 Å². The molecule has 2 aliphatic rings. The van der Waals surface area contributed by atoms with Gasteiger partial charge in [-0.3, -0.25) is 9.88 Å². The Balaban J connectivity index is 1.46. The van der Waals surface area contributed by atoms with Gasteiger partial charge < -0.3 is 14.4 Å². The lowest BCUT2D eigenvalue weighted by molar-refractivity contribution is -0.0927. The molecule has 1 aromatic rings. The highest BCUT2D eigenvalue weighted by Gasteiger charge is 2.21. The van der Waals surface area contributed by atoms with E-state index in [0.29, 0.717) is 0 Å². The maximum Gasteiger partial charge on any atom is 0.150 e. The van der Waals surface area contributed by atoms with E-state index in [9.17, 15) is 0 Å². The van der Waals surface area contributed by atoms with Gasteiger partial charge in [0.25, 0.3) is 0 Å². The molecule has 22 heavy (non-hydrogen) atoms. The zero-order chi connectivity index (χ0) is 15.4. The third-order valence-corrected chi connectivity index (χ3v) is 4.37. The van der Waals surface area contributed by atoms with E-state index >= 15 is 0 Å². The van der Waals surface area contributed by atoms with Crippen LogP contribution in [0, 0.1) is 13.8 Å². The summed E-state index contributed by atoms with van der Waals surface area (Å²) in [6, 6.07) is 0. The Morgan fingerprint density at radius 3 is 2.73 bits per heavy atom. The molecule has 0 radical (unpaired) electrons. The number of nitrogens with zero attached hydrogens (tertiary/aromatic N) is 4. The van der Waals surface area contributed by atoms with Gasteiger partial charge in [-0.15, -0.1) is 0 Å². The lowest BCUT2D eigenvalue weighted by Gasteiger charge is -2.36. The topological polar surface area (TPSA) is 50.7 Å². The van der Waals surface area contributed by atoms with Crippen LogP contribution in [0.5, 0.6) is 0 Å². The van der Waals surface area contributed by atoms with Gasteiger partial charge in [0.05, 0.1) is 37.3 Å². The first-order chi connectivity index (χ1) is 10.7. The van der Waals surface area contributed by atoms with Crippen molar-refractivity contribution in [2.24, 2.45) is 0 Å². The van der Waals surface area contributed by atoms with Crippen LogP contribution in [-0.2, 0) is 9.47 Å². The average Bonchev–Trinajstić information content (AvgIpc) is 2.57. The molecule has 6 nitrogen and oxygen atoms in total. The first kappa shape index (κ1) is 15.6. The lowest BCUT2D eigenvalue weighted by Crippen LogP contribution is -2.48. The Bertz CT molecular complexity index is 483. The Morgan fingerprint density at radius 2 is 2.00 bits per heavy atom. The summed E-state index contributed by atoms with van der Waals surface area (Å²) >= 11 is 0. The number of ether oxygens (including phenoxy) is 2. The number of aromatic nitrogens is 2. The van der Waals surface area contributed by atoms with Gasteiger partial charge in [0.1, 0.15) is 5.82 Å². The summed E-state index contributed by atoms with van der Waals surface area (Å²) in [6.45, 7) is 11.5.